The molecule has 0 N–H and O–H groups in total. The minimum atomic E-state index is 0.279. The molecule has 104 valence electrons. The zero-order valence-electron chi connectivity index (χ0n) is 11.9. The normalized spacial score (nSPS) is 25.3. The second-order valence-electron chi connectivity index (χ2n) is 6.23. The maximum absolute atomic E-state index is 12.2. The lowest BCUT2D eigenvalue weighted by Gasteiger charge is -2.37. The van der Waals surface area contributed by atoms with Gasteiger partial charge in [0, 0.05) is 19.0 Å². The van der Waals surface area contributed by atoms with Crippen LogP contribution in [0.25, 0.3) is 0 Å². The van der Waals surface area contributed by atoms with E-state index in [1.54, 1.807) is 0 Å². The van der Waals surface area contributed by atoms with Crippen molar-refractivity contribution in [3.8, 4) is 0 Å². The summed E-state index contributed by atoms with van der Waals surface area (Å²) in [7, 11) is 0. The van der Waals surface area contributed by atoms with E-state index in [0.29, 0.717) is 11.8 Å². The fraction of sp³-hybridized carbons (Fsp3) is 0.933. The van der Waals surface area contributed by atoms with E-state index < -0.39 is 0 Å². The fourth-order valence-electron chi connectivity index (χ4n) is 2.76. The molecule has 1 aliphatic heterocycles. The van der Waals surface area contributed by atoms with Crippen molar-refractivity contribution < 1.29 is 9.53 Å². The Hall–Kier alpha value is -0.570. The van der Waals surface area contributed by atoms with Crippen molar-refractivity contribution in [3.05, 3.63) is 0 Å². The molecule has 3 heteroatoms. The van der Waals surface area contributed by atoms with Gasteiger partial charge in [-0.05, 0) is 25.2 Å². The van der Waals surface area contributed by atoms with Gasteiger partial charge in [0.05, 0.1) is 12.7 Å². The predicted octanol–water partition coefficient (Wildman–Crippen LogP) is 2.84. The molecule has 0 aromatic rings. The van der Waals surface area contributed by atoms with Crippen molar-refractivity contribution in [2.45, 2.75) is 58.5 Å². The first-order chi connectivity index (χ1) is 8.66. The number of ether oxygens (including phenoxy) is 1. The van der Waals surface area contributed by atoms with Crippen LogP contribution in [0.3, 0.4) is 0 Å². The zero-order chi connectivity index (χ0) is 13.0. The van der Waals surface area contributed by atoms with Crippen LogP contribution in [0.5, 0.6) is 0 Å². The second kappa shape index (κ2) is 6.55. The molecule has 1 amide bonds. The third kappa shape index (κ3) is 3.71. The quantitative estimate of drug-likeness (QED) is 0.754. The number of carbonyl (C=O) groups excluding carboxylic acids is 1. The van der Waals surface area contributed by atoms with Crippen LogP contribution in [0.2, 0.25) is 0 Å². The van der Waals surface area contributed by atoms with Gasteiger partial charge in [-0.2, -0.15) is 0 Å². The van der Waals surface area contributed by atoms with E-state index in [0.717, 1.165) is 44.9 Å². The van der Waals surface area contributed by atoms with Crippen LogP contribution >= 0.6 is 0 Å². The van der Waals surface area contributed by atoms with Crippen molar-refractivity contribution >= 4 is 5.91 Å². The Morgan fingerprint density at radius 1 is 1.39 bits per heavy atom. The van der Waals surface area contributed by atoms with Crippen LogP contribution in [-0.4, -0.2) is 36.6 Å². The summed E-state index contributed by atoms with van der Waals surface area (Å²) in [6.45, 7) is 6.87. The molecule has 1 saturated carbocycles. The van der Waals surface area contributed by atoms with Gasteiger partial charge in [0.15, 0.2) is 0 Å². The van der Waals surface area contributed by atoms with Gasteiger partial charge in [-0.15, -0.1) is 0 Å². The fourth-order valence-corrected chi connectivity index (χ4v) is 2.76. The molecule has 1 unspecified atom stereocenters. The lowest BCUT2D eigenvalue weighted by atomic mass is 9.84. The number of amides is 1. The number of hydrogen-bond acceptors (Lipinski definition) is 2. The molecule has 3 nitrogen and oxygen atoms in total. The molecule has 1 heterocycles. The molecule has 0 bridgehead atoms. The Morgan fingerprint density at radius 2 is 2.17 bits per heavy atom. The first kappa shape index (κ1) is 13.9. The minimum absolute atomic E-state index is 0.279. The first-order valence-corrected chi connectivity index (χ1v) is 7.57. The largest absolute Gasteiger partial charge is 0.375 e. The molecule has 18 heavy (non-hydrogen) atoms. The van der Waals surface area contributed by atoms with Gasteiger partial charge in [0.25, 0.3) is 0 Å². The smallest absolute Gasteiger partial charge is 0.225 e. The summed E-state index contributed by atoms with van der Waals surface area (Å²) >= 11 is 0. The highest BCUT2D eigenvalue weighted by Crippen LogP contribution is 2.29. The van der Waals surface area contributed by atoms with Gasteiger partial charge < -0.3 is 9.64 Å². The number of morpholine rings is 1. The molecule has 2 aliphatic rings. The summed E-state index contributed by atoms with van der Waals surface area (Å²) in [6.07, 6.45) is 7.30. The van der Waals surface area contributed by atoms with Crippen molar-refractivity contribution in [3.63, 3.8) is 0 Å². The molecule has 2 rings (SSSR count). The monoisotopic (exact) mass is 253 g/mol. The summed E-state index contributed by atoms with van der Waals surface area (Å²) in [4.78, 5) is 14.2. The summed E-state index contributed by atoms with van der Waals surface area (Å²) in [5.74, 6) is 1.49. The van der Waals surface area contributed by atoms with Crippen LogP contribution in [-0.2, 0) is 9.53 Å². The Balaban J connectivity index is 1.72. The van der Waals surface area contributed by atoms with E-state index in [1.807, 2.05) is 4.90 Å². The Morgan fingerprint density at radius 3 is 2.78 bits per heavy atom. The summed E-state index contributed by atoms with van der Waals surface area (Å²) in [5.41, 5.74) is 0. The minimum Gasteiger partial charge on any atom is -0.375 e. The number of carbonyl (C=O) groups is 1. The molecular formula is C15H27NO2. The average Bonchev–Trinajstić information content (AvgIpc) is 2.26. The average molecular weight is 253 g/mol. The maximum Gasteiger partial charge on any atom is 0.225 e. The third-order valence-corrected chi connectivity index (χ3v) is 4.21. The van der Waals surface area contributed by atoms with E-state index in [-0.39, 0.29) is 6.10 Å². The van der Waals surface area contributed by atoms with Crippen LogP contribution in [0.4, 0.5) is 0 Å². The Labute approximate surface area is 111 Å². The van der Waals surface area contributed by atoms with Crippen molar-refractivity contribution in [1.82, 2.24) is 4.90 Å². The Kier molecular flexibility index (Phi) is 5.04. The standard InChI is InChI=1S/C15H27NO2/c1-12(2)5-3-8-14-11-16(9-10-18-14)15(17)13-6-4-7-13/h12-14H,3-11H2,1-2H3. The summed E-state index contributed by atoms with van der Waals surface area (Å²) in [5, 5.41) is 0. The maximum atomic E-state index is 12.2. The van der Waals surface area contributed by atoms with Gasteiger partial charge >= 0.3 is 0 Å². The lowest BCUT2D eigenvalue weighted by molar-refractivity contribution is -0.146. The number of nitrogens with zero attached hydrogens (tertiary/aromatic N) is 1. The second-order valence-corrected chi connectivity index (χ2v) is 6.23. The highest BCUT2D eigenvalue weighted by atomic mass is 16.5. The van der Waals surface area contributed by atoms with Crippen molar-refractivity contribution in [2.75, 3.05) is 19.7 Å². The van der Waals surface area contributed by atoms with Gasteiger partial charge in [-0.3, -0.25) is 4.79 Å². The van der Waals surface area contributed by atoms with Crippen LogP contribution in [0, 0.1) is 11.8 Å². The molecule has 0 radical (unpaired) electrons. The van der Waals surface area contributed by atoms with E-state index in [2.05, 4.69) is 13.8 Å². The van der Waals surface area contributed by atoms with Crippen molar-refractivity contribution in [2.24, 2.45) is 11.8 Å². The van der Waals surface area contributed by atoms with E-state index in [9.17, 15) is 4.79 Å². The van der Waals surface area contributed by atoms with Crippen LogP contribution in [0.1, 0.15) is 52.4 Å². The van der Waals surface area contributed by atoms with Crippen molar-refractivity contribution in [1.29, 1.82) is 0 Å². The number of rotatable bonds is 5. The van der Waals surface area contributed by atoms with E-state index in [4.69, 9.17) is 4.74 Å². The molecule has 0 aromatic heterocycles. The van der Waals surface area contributed by atoms with E-state index >= 15 is 0 Å². The molecular weight excluding hydrogens is 226 g/mol. The third-order valence-electron chi connectivity index (χ3n) is 4.21. The lowest BCUT2D eigenvalue weighted by Crippen LogP contribution is -2.48. The Bertz CT molecular complexity index is 274. The SMILES string of the molecule is CC(C)CCCC1CN(C(=O)C2CCC2)CCO1. The summed E-state index contributed by atoms with van der Waals surface area (Å²) in [6, 6.07) is 0. The summed E-state index contributed by atoms with van der Waals surface area (Å²) < 4.78 is 5.78. The first-order valence-electron chi connectivity index (χ1n) is 7.57. The molecule has 0 spiro atoms. The number of hydrogen-bond donors (Lipinski definition) is 0. The molecule has 1 aliphatic carbocycles. The highest BCUT2D eigenvalue weighted by molar-refractivity contribution is 5.79. The molecule has 1 atom stereocenters. The zero-order valence-corrected chi connectivity index (χ0v) is 11.9. The van der Waals surface area contributed by atoms with Gasteiger partial charge in [-0.1, -0.05) is 33.1 Å². The topological polar surface area (TPSA) is 29.5 Å². The highest BCUT2D eigenvalue weighted by Gasteiger charge is 2.32. The van der Waals surface area contributed by atoms with Gasteiger partial charge in [0.2, 0.25) is 5.91 Å². The predicted molar refractivity (Wildman–Crippen MR) is 72.4 cm³/mol. The van der Waals surface area contributed by atoms with Crippen LogP contribution in [0.15, 0.2) is 0 Å². The molecule has 2 fully saturated rings. The molecule has 1 saturated heterocycles. The van der Waals surface area contributed by atoms with Gasteiger partial charge in [-0.25, -0.2) is 0 Å². The van der Waals surface area contributed by atoms with Gasteiger partial charge in [0.1, 0.15) is 0 Å². The van der Waals surface area contributed by atoms with E-state index in [1.165, 1.54) is 19.3 Å². The van der Waals surface area contributed by atoms with Crippen LogP contribution < -0.4 is 0 Å². The molecule has 0 aromatic carbocycles.